The van der Waals surface area contributed by atoms with Crippen LogP contribution in [0.5, 0.6) is 0 Å². The predicted octanol–water partition coefficient (Wildman–Crippen LogP) is 12.5. The number of fused-ring (bicyclic) bond motifs is 3. The molecule has 0 saturated carbocycles. The molecule has 0 fully saturated rings. The molecule has 1 radical (unpaired) electrons. The van der Waals surface area contributed by atoms with Gasteiger partial charge in [-0.15, -0.1) is 24.3 Å². The third-order valence-corrected chi connectivity index (χ3v) is 9.66. The van der Waals surface area contributed by atoms with Crippen molar-refractivity contribution >= 4 is 21.9 Å². The Morgan fingerprint density at radius 2 is 1.28 bits per heavy atom. The van der Waals surface area contributed by atoms with E-state index in [1.807, 2.05) is 77.7 Å². The summed E-state index contributed by atoms with van der Waals surface area (Å²) in [6.45, 7) is 13.0. The summed E-state index contributed by atoms with van der Waals surface area (Å²) in [6.07, 6.45) is 5.71. The molecule has 9 rings (SSSR count). The van der Waals surface area contributed by atoms with Crippen LogP contribution in [-0.4, -0.2) is 24.7 Å². The van der Waals surface area contributed by atoms with Crippen LogP contribution in [0.2, 0.25) is 0 Å². The van der Waals surface area contributed by atoms with Gasteiger partial charge in [-0.2, -0.15) is 29.4 Å². The van der Waals surface area contributed by atoms with Gasteiger partial charge >= 0.3 is 0 Å². The van der Waals surface area contributed by atoms with Crippen molar-refractivity contribution in [3.05, 3.63) is 176 Å². The molecule has 0 atom stereocenters. The molecule has 5 aromatic carbocycles. The Hall–Kier alpha value is -6.01. The van der Waals surface area contributed by atoms with E-state index in [1.54, 1.807) is 6.20 Å². The number of hydrogen-bond acceptors (Lipinski definition) is 5. The number of aromatic nitrogens is 5. The summed E-state index contributed by atoms with van der Waals surface area (Å²) in [5.41, 5.74) is 11.8. The zero-order valence-electron chi connectivity index (χ0n) is 32.9. The van der Waals surface area contributed by atoms with Gasteiger partial charge in [-0.05, 0) is 58.4 Å². The van der Waals surface area contributed by atoms with Crippen LogP contribution in [-0.2, 0) is 30.9 Å². The minimum Gasteiger partial charge on any atom is -0.501 e. The second kappa shape index (κ2) is 16.2. The van der Waals surface area contributed by atoms with Crippen LogP contribution < -0.4 is 0 Å². The fourth-order valence-electron chi connectivity index (χ4n) is 6.53. The molecule has 0 aliphatic carbocycles. The number of furan rings is 1. The summed E-state index contributed by atoms with van der Waals surface area (Å²) in [6, 6.07) is 51.5. The molecule has 0 spiro atoms. The smallest absolute Gasteiger partial charge is 0.134 e. The number of nitrogens with zero attached hydrogens (tertiary/aromatic N) is 5. The van der Waals surface area contributed by atoms with Crippen molar-refractivity contribution in [3.8, 4) is 50.5 Å². The fourth-order valence-corrected chi connectivity index (χ4v) is 6.53. The van der Waals surface area contributed by atoms with Gasteiger partial charge < -0.3 is 9.40 Å². The minimum atomic E-state index is -0.143. The van der Waals surface area contributed by atoms with Gasteiger partial charge in [0.15, 0.2) is 0 Å². The van der Waals surface area contributed by atoms with Crippen molar-refractivity contribution in [2.75, 3.05) is 0 Å². The summed E-state index contributed by atoms with van der Waals surface area (Å²) < 4.78 is 8.13. The fraction of sp³-hybridized carbons (Fsp3) is 0.160. The Balaban J connectivity index is 0.000000182. The molecule has 7 heteroatoms. The molecule has 0 aliphatic heterocycles. The van der Waals surface area contributed by atoms with Crippen LogP contribution in [0.1, 0.15) is 53.1 Å². The third kappa shape index (κ3) is 8.56. The van der Waals surface area contributed by atoms with Gasteiger partial charge in [-0.3, -0.25) is 4.68 Å². The van der Waals surface area contributed by atoms with Crippen LogP contribution >= 0.6 is 0 Å². The average Bonchev–Trinajstić information content (AvgIpc) is 3.87. The molecule has 4 heterocycles. The SMILES string of the molecule is CC(C)(C)c1cc(-c2ccc3oc4c(-c5ccccn5)[c-]ccc4c3c2)nc(C(C)(C)C)n1.[Ir].[c-]1ccccc1-n1cc(-c2ccc(-c3ccccc3)cc2)cn1. The molecule has 0 aliphatic rings. The van der Waals surface area contributed by atoms with Crippen LogP contribution in [0.3, 0.4) is 0 Å². The van der Waals surface area contributed by atoms with E-state index in [-0.39, 0.29) is 30.9 Å². The van der Waals surface area contributed by atoms with E-state index >= 15 is 0 Å². The van der Waals surface area contributed by atoms with Gasteiger partial charge in [0, 0.05) is 59.8 Å². The summed E-state index contributed by atoms with van der Waals surface area (Å²) >= 11 is 0. The molecule has 0 N–H and O–H groups in total. The van der Waals surface area contributed by atoms with E-state index in [0.29, 0.717) is 0 Å². The Morgan fingerprint density at radius 1 is 0.579 bits per heavy atom. The second-order valence-corrected chi connectivity index (χ2v) is 16.0. The zero-order chi connectivity index (χ0) is 38.9. The van der Waals surface area contributed by atoms with Crippen LogP contribution in [0, 0.1) is 12.1 Å². The van der Waals surface area contributed by atoms with Crippen LogP contribution in [0.4, 0.5) is 0 Å². The molecule has 57 heavy (non-hydrogen) atoms. The van der Waals surface area contributed by atoms with Crippen molar-refractivity contribution in [3.63, 3.8) is 0 Å². The van der Waals surface area contributed by atoms with Crippen molar-refractivity contribution < 1.29 is 24.5 Å². The summed E-state index contributed by atoms with van der Waals surface area (Å²) in [5, 5.41) is 6.53. The summed E-state index contributed by atoms with van der Waals surface area (Å²) in [7, 11) is 0. The topological polar surface area (TPSA) is 69.6 Å². The van der Waals surface area contributed by atoms with E-state index in [2.05, 4.69) is 137 Å². The zero-order valence-corrected chi connectivity index (χ0v) is 35.3. The molecule has 4 aromatic heterocycles. The molecule has 285 valence electrons. The predicted molar refractivity (Wildman–Crippen MR) is 227 cm³/mol. The van der Waals surface area contributed by atoms with Gasteiger partial charge in [-0.1, -0.05) is 119 Å². The second-order valence-electron chi connectivity index (χ2n) is 16.0. The Labute approximate surface area is 348 Å². The van der Waals surface area contributed by atoms with Gasteiger partial charge in [0.2, 0.25) is 0 Å². The first kappa shape index (κ1) is 39.2. The van der Waals surface area contributed by atoms with Crippen LogP contribution in [0.15, 0.2) is 156 Å². The number of benzene rings is 5. The largest absolute Gasteiger partial charge is 0.501 e. The van der Waals surface area contributed by atoms with E-state index in [1.165, 1.54) is 11.1 Å². The first-order valence-electron chi connectivity index (χ1n) is 18.9. The van der Waals surface area contributed by atoms with E-state index < -0.39 is 0 Å². The quantitative estimate of drug-likeness (QED) is 0.161. The third-order valence-electron chi connectivity index (χ3n) is 9.66. The molecule has 0 unspecified atom stereocenters. The molecule has 0 bridgehead atoms. The van der Waals surface area contributed by atoms with Gasteiger partial charge in [0.25, 0.3) is 0 Å². The Morgan fingerprint density at radius 3 is 1.96 bits per heavy atom. The van der Waals surface area contributed by atoms with E-state index in [4.69, 9.17) is 14.4 Å². The van der Waals surface area contributed by atoms with Gasteiger partial charge in [0.05, 0.1) is 23.2 Å². The molecule has 0 saturated heterocycles. The number of pyridine rings is 1. The van der Waals surface area contributed by atoms with Crippen LogP contribution in [0.25, 0.3) is 72.4 Å². The molecular formula is C50H43IrN5O-2. The monoisotopic (exact) mass is 922 g/mol. The Kier molecular flexibility index (Phi) is 11.2. The minimum absolute atomic E-state index is 0. The average molecular weight is 922 g/mol. The number of rotatable bonds is 5. The van der Waals surface area contributed by atoms with Gasteiger partial charge in [-0.25, -0.2) is 9.97 Å². The van der Waals surface area contributed by atoms with E-state index in [9.17, 15) is 0 Å². The maximum atomic E-state index is 6.28. The van der Waals surface area contributed by atoms with Crippen molar-refractivity contribution in [2.24, 2.45) is 0 Å². The standard InChI is InChI=1S/C29H28N3O.C21H15N2.Ir/c1-28(2,3)25-17-23(31-27(32-25)29(4,5)6)18-13-14-24-21(16-18)19-10-9-11-20(26(19)33-24)22-12-7-8-15-30-22;1-3-7-17(8-4-1)18-11-13-19(14-12-18)20-15-22-23(16-20)21-9-5-2-6-10-21;/h7-10,12-17H,1-6H3;1-9,11-16H;/q2*-1;. The molecule has 6 nitrogen and oxygen atoms in total. The maximum Gasteiger partial charge on any atom is 0.134 e. The number of hydrogen-bond donors (Lipinski definition) is 0. The summed E-state index contributed by atoms with van der Waals surface area (Å²) in [5.74, 6) is 0.856. The first-order valence-corrected chi connectivity index (χ1v) is 18.9. The normalized spacial score (nSPS) is 11.5. The van der Waals surface area contributed by atoms with Gasteiger partial charge in [0.1, 0.15) is 11.4 Å². The van der Waals surface area contributed by atoms with Crippen molar-refractivity contribution in [1.29, 1.82) is 0 Å². The number of para-hydroxylation sites is 1. The summed E-state index contributed by atoms with van der Waals surface area (Å²) in [4.78, 5) is 14.4. The first-order chi connectivity index (χ1) is 27.0. The molecular weight excluding hydrogens is 879 g/mol. The maximum absolute atomic E-state index is 6.28. The Bertz CT molecular complexity index is 2710. The van der Waals surface area contributed by atoms with E-state index in [0.717, 1.165) is 72.8 Å². The molecule has 9 aromatic rings. The van der Waals surface area contributed by atoms with Crippen molar-refractivity contribution in [2.45, 2.75) is 52.4 Å². The van der Waals surface area contributed by atoms with Crippen molar-refractivity contribution in [1.82, 2.24) is 24.7 Å². The molecule has 0 amide bonds.